The van der Waals surface area contributed by atoms with Crippen molar-refractivity contribution in [1.82, 2.24) is 0 Å². The first-order valence-electron chi connectivity index (χ1n) is 49.3. The number of carbonyl (C=O) groups is 2. The van der Waals surface area contributed by atoms with E-state index in [9.17, 15) is 19.8 Å². The molecule has 2 N–H and O–H groups in total. The van der Waals surface area contributed by atoms with Crippen molar-refractivity contribution >= 4 is 12.4 Å². The Bertz CT molecular complexity index is 3450. The molecule has 0 aromatic carbocycles. The van der Waals surface area contributed by atoms with Crippen LogP contribution in [0, 0.1) is 156 Å². The van der Waals surface area contributed by atoms with Crippen LogP contribution in [0.1, 0.15) is 401 Å². The second-order valence-electron chi connectivity index (χ2n) is 45.4. The Morgan fingerprint density at radius 3 is 1.74 bits per heavy atom. The molecule has 20 aliphatic rings. The summed E-state index contributed by atoms with van der Waals surface area (Å²) in [5.41, 5.74) is 14.0. The van der Waals surface area contributed by atoms with Gasteiger partial charge >= 0.3 is 5.97 Å². The van der Waals surface area contributed by atoms with Crippen molar-refractivity contribution in [2.24, 2.45) is 156 Å². The minimum absolute atomic E-state index is 0. The predicted octanol–water partition coefficient (Wildman–Crippen LogP) is 29.4. The summed E-state index contributed by atoms with van der Waals surface area (Å²) in [7, 11) is 0. The van der Waals surface area contributed by atoms with Gasteiger partial charge in [0, 0.05) is 17.8 Å². The van der Waals surface area contributed by atoms with E-state index in [4.69, 9.17) is 9.47 Å². The van der Waals surface area contributed by atoms with E-state index in [1.807, 2.05) is 12.5 Å². The molecule has 0 aromatic heterocycles. The third-order valence-electron chi connectivity index (χ3n) is 39.3. The predicted molar refractivity (Wildman–Crippen MR) is 479 cm³/mol. The van der Waals surface area contributed by atoms with Gasteiger partial charge in [-0.1, -0.05) is 212 Å². The Hall–Kier alpha value is -2.96. The minimum atomic E-state index is -0.132. The molecule has 31 atom stereocenters. The summed E-state index contributed by atoms with van der Waals surface area (Å²) in [4.78, 5) is 22.6. The first-order chi connectivity index (χ1) is 53.9. The van der Waals surface area contributed by atoms with E-state index in [-0.39, 0.29) is 48.1 Å². The Labute approximate surface area is 701 Å². The molecule has 0 aliphatic heterocycles. The first kappa shape index (κ1) is 90.3. The monoisotopic (exact) mass is 1570 g/mol. The fourth-order valence-electron chi connectivity index (χ4n) is 33.7. The molecule has 6 bridgehead atoms. The molecule has 0 spiro atoms. The number of esters is 1. The summed E-state index contributed by atoms with van der Waals surface area (Å²) >= 11 is 0. The molecule has 6 heteroatoms. The molecule has 31 unspecified atom stereocenters. The number of hydrogen-bond acceptors (Lipinski definition) is 6. The van der Waals surface area contributed by atoms with Crippen molar-refractivity contribution in [3.63, 3.8) is 0 Å². The summed E-state index contributed by atoms with van der Waals surface area (Å²) in [6.45, 7) is 49.9. The van der Waals surface area contributed by atoms with E-state index in [1.54, 1.807) is 28.7 Å². The van der Waals surface area contributed by atoms with E-state index in [2.05, 4.69) is 148 Å². The molecule has 6 nitrogen and oxygen atoms in total. The molecule has 0 radical (unpaired) electrons. The number of rotatable bonds is 12. The molecular weight excluding hydrogens is 1390 g/mol. The molecule has 0 aromatic rings. The van der Waals surface area contributed by atoms with E-state index >= 15 is 0 Å². The SMILES string of the molecule is C.C=C(C)C1(C)CC(C)C2CCCC21.C=CC1(C)CC2CC1C1CCCC21.C=CC1(C)CCC2CCCC21.CC/C(C)=C\C1(C)CC2(OC=O)CC1C1CCCC12.CC1(C2=CCCCC2)CCC2C(O)CCC21.CC1=C(C2(C)CC3CCCC3C2O)CCC1.CCC.CCC(=O)OC1CC2C3CC(C2C1)C(C)(C1=C(C)CCC1)C3. The molecule has 114 heavy (non-hydrogen) atoms. The molecule has 17 fully saturated rings. The summed E-state index contributed by atoms with van der Waals surface area (Å²) < 4.78 is 11.4. The largest absolute Gasteiger partial charge is 0.462 e. The molecular formula is C108H176O6. The van der Waals surface area contributed by atoms with Crippen molar-refractivity contribution in [2.45, 2.75) is 425 Å². The van der Waals surface area contributed by atoms with Crippen LogP contribution in [0.2, 0.25) is 0 Å². The Morgan fingerprint density at radius 1 is 0.500 bits per heavy atom. The Kier molecular flexibility index (Phi) is 29.0. The second-order valence-corrected chi connectivity index (χ2v) is 45.4. The number of fused-ring (bicyclic) bond motifs is 19. The highest BCUT2D eigenvalue weighted by molar-refractivity contribution is 5.69. The fourth-order valence-corrected chi connectivity index (χ4v) is 33.7. The normalized spacial score (nSPS) is 47.6. The van der Waals surface area contributed by atoms with Gasteiger partial charge in [0.1, 0.15) is 11.7 Å². The lowest BCUT2D eigenvalue weighted by molar-refractivity contribution is -0.150. The zero-order valence-corrected chi connectivity index (χ0v) is 75.9. The fraction of sp³-hybridized carbons (Fsp3) is 0.852. The van der Waals surface area contributed by atoms with Gasteiger partial charge in [-0.15, -0.1) is 13.2 Å². The lowest BCUT2D eigenvalue weighted by atomic mass is 9.62. The molecule has 20 rings (SSSR count). The number of aliphatic hydroxyl groups is 2. The molecule has 17 saturated carbocycles. The zero-order valence-electron chi connectivity index (χ0n) is 75.9. The van der Waals surface area contributed by atoms with Crippen molar-refractivity contribution in [1.29, 1.82) is 0 Å². The van der Waals surface area contributed by atoms with E-state index in [1.165, 1.54) is 242 Å². The van der Waals surface area contributed by atoms with Crippen LogP contribution in [0.25, 0.3) is 0 Å². The van der Waals surface area contributed by atoms with Crippen LogP contribution in [0.15, 0.2) is 83.1 Å². The standard InChI is InChI=1S/C20H30O2.C17H26O2.2C15H24O.C13H20.C13H22.C11H18.C3H8.CH4/c1-4-19(21)22-14-9-15-13-8-18(16(15)10-14)20(3,11-13)17-7-5-6-12(17)2;1-4-12(2)8-16(3)10-17(19-11-18)9-15(16)13-6-5-7-14(13)17;1-10-5-3-8-13(10)15(2)9-11-6-4-7-12(11)14(15)16;1-15(11-5-3-2-4-6-11)10-9-12-13(15)7-8-14(12)16;1-3-13(2)8-9-7-12(13)11-6-4-5-10(9)11;1-9(2)13(4)8-10(3)11-6-5-7-12(11)13;1-3-11(2)8-7-9-5-4-6-10(9)11;1-3-2;/h13-16,18H,4-11H2,1-3H3;8,11,13-15H,4-7,9-10H2,1-3H3;11-12,14,16H,3-9H2,1-2H3;5,12-14,16H,2-4,6-10H2,1H3;3,9-12H,1,4-8H2,2H3;10-12H,1,5-8H2,2-4H3;3,9-10H,1,4-8H2,2H3;3H2,1-2H3;1H4/b;12-8-;;;;;;;. The number of aliphatic hydroxyl groups excluding tert-OH is 2. The van der Waals surface area contributed by atoms with Gasteiger partial charge in [0.15, 0.2) is 0 Å². The molecule has 0 heterocycles. The smallest absolute Gasteiger partial charge is 0.305 e. The van der Waals surface area contributed by atoms with Crippen LogP contribution in [-0.2, 0) is 19.1 Å². The summed E-state index contributed by atoms with van der Waals surface area (Å²) in [6.07, 6.45) is 67.8. The maximum absolute atomic E-state index is 11.6. The highest BCUT2D eigenvalue weighted by Crippen LogP contribution is 2.72. The van der Waals surface area contributed by atoms with Crippen LogP contribution < -0.4 is 0 Å². The van der Waals surface area contributed by atoms with Crippen LogP contribution in [-0.4, -0.2) is 46.6 Å². The molecule has 20 aliphatic carbocycles. The van der Waals surface area contributed by atoms with E-state index < -0.39 is 0 Å². The quantitative estimate of drug-likeness (QED) is 0.115. The van der Waals surface area contributed by atoms with Gasteiger partial charge in [0.25, 0.3) is 6.47 Å². The van der Waals surface area contributed by atoms with Crippen LogP contribution in [0.3, 0.4) is 0 Å². The molecule has 0 amide bonds. The van der Waals surface area contributed by atoms with Gasteiger partial charge in [-0.2, -0.15) is 0 Å². The van der Waals surface area contributed by atoms with Gasteiger partial charge in [0.2, 0.25) is 0 Å². The zero-order chi connectivity index (χ0) is 81.0. The highest BCUT2D eigenvalue weighted by atomic mass is 16.5. The third-order valence-corrected chi connectivity index (χ3v) is 39.3. The van der Waals surface area contributed by atoms with Crippen LogP contribution in [0.4, 0.5) is 0 Å². The number of ether oxygens (including phenoxy) is 2. The van der Waals surface area contributed by atoms with Crippen molar-refractivity contribution in [3.8, 4) is 0 Å². The Balaban J connectivity index is 0.000000123. The summed E-state index contributed by atoms with van der Waals surface area (Å²) in [5.74, 6) is 17.6. The van der Waals surface area contributed by atoms with E-state index in [0.717, 1.165) is 139 Å². The number of carbonyl (C=O) groups excluding carboxylic acids is 2. The van der Waals surface area contributed by atoms with Gasteiger partial charge in [0.05, 0.1) is 12.2 Å². The van der Waals surface area contributed by atoms with Gasteiger partial charge in [-0.3, -0.25) is 9.59 Å². The van der Waals surface area contributed by atoms with Crippen LogP contribution in [0.5, 0.6) is 0 Å². The van der Waals surface area contributed by atoms with Gasteiger partial charge < -0.3 is 19.7 Å². The van der Waals surface area contributed by atoms with Gasteiger partial charge in [-0.05, 0) is 397 Å². The Morgan fingerprint density at radius 2 is 1.10 bits per heavy atom. The average Bonchev–Trinajstić information content (AvgIpc) is 1.54. The van der Waals surface area contributed by atoms with Crippen molar-refractivity contribution < 1.29 is 29.3 Å². The average molecular weight is 1570 g/mol. The highest BCUT2D eigenvalue weighted by Gasteiger charge is 2.68. The lowest BCUT2D eigenvalue weighted by Crippen LogP contribution is -2.42. The van der Waals surface area contributed by atoms with Crippen molar-refractivity contribution in [3.05, 3.63) is 83.1 Å². The lowest BCUT2D eigenvalue weighted by Gasteiger charge is -2.42. The topological polar surface area (TPSA) is 93.1 Å². The van der Waals surface area contributed by atoms with Gasteiger partial charge in [-0.25, -0.2) is 0 Å². The summed E-state index contributed by atoms with van der Waals surface area (Å²) in [6, 6.07) is 0. The minimum Gasteiger partial charge on any atom is -0.462 e. The third kappa shape index (κ3) is 16.9. The first-order valence-corrected chi connectivity index (χ1v) is 49.3. The molecule has 644 valence electrons. The van der Waals surface area contributed by atoms with Crippen LogP contribution >= 0.6 is 0 Å². The van der Waals surface area contributed by atoms with E-state index in [0.29, 0.717) is 57.7 Å². The van der Waals surface area contributed by atoms with Crippen molar-refractivity contribution in [2.75, 3.05) is 0 Å². The second kappa shape index (κ2) is 36.6. The summed E-state index contributed by atoms with van der Waals surface area (Å²) in [5, 5.41) is 20.7. The number of allylic oxidation sites excluding steroid dienone is 10. The maximum atomic E-state index is 11.6. The molecule has 0 saturated heterocycles. The number of hydrogen-bond donors (Lipinski definition) is 2. The maximum Gasteiger partial charge on any atom is 0.305 e.